The molecule has 1 atom stereocenters. The van der Waals surface area contributed by atoms with Crippen LogP contribution in [0.25, 0.3) is 5.69 Å². The van der Waals surface area contributed by atoms with Crippen LogP contribution in [0.1, 0.15) is 44.2 Å². The SMILES string of the molecule is C[C@H](NC(=O)C1(S(=O)(=O)c2ccc(Cl)cc2)CCCC1)c1ccc(-n2cncn2)cc1. The Bertz CT molecular complexity index is 1150. The summed E-state index contributed by atoms with van der Waals surface area (Å²) in [6.07, 6.45) is 5.07. The van der Waals surface area contributed by atoms with Crippen LogP contribution >= 0.6 is 11.6 Å². The zero-order chi connectivity index (χ0) is 22.1. The summed E-state index contributed by atoms with van der Waals surface area (Å²) < 4.78 is 27.1. The number of benzene rings is 2. The van der Waals surface area contributed by atoms with Crippen molar-refractivity contribution in [1.82, 2.24) is 20.1 Å². The quantitative estimate of drug-likeness (QED) is 0.604. The maximum Gasteiger partial charge on any atom is 0.242 e. The Kier molecular flexibility index (Phi) is 5.85. The zero-order valence-corrected chi connectivity index (χ0v) is 18.6. The van der Waals surface area contributed by atoms with E-state index < -0.39 is 20.5 Å². The van der Waals surface area contributed by atoms with Crippen molar-refractivity contribution >= 4 is 27.3 Å². The lowest BCUT2D eigenvalue weighted by Gasteiger charge is -2.29. The average Bonchev–Trinajstić information content (AvgIpc) is 3.47. The van der Waals surface area contributed by atoms with Gasteiger partial charge >= 0.3 is 0 Å². The molecule has 0 bridgehead atoms. The third-order valence-corrected chi connectivity index (χ3v) is 8.65. The highest BCUT2D eigenvalue weighted by Gasteiger charge is 2.53. The van der Waals surface area contributed by atoms with Crippen LogP contribution in [0.15, 0.2) is 66.1 Å². The summed E-state index contributed by atoms with van der Waals surface area (Å²) in [6.45, 7) is 1.85. The van der Waals surface area contributed by atoms with E-state index >= 15 is 0 Å². The Morgan fingerprint density at radius 2 is 1.74 bits per heavy atom. The highest BCUT2D eigenvalue weighted by Crippen LogP contribution is 2.41. The van der Waals surface area contributed by atoms with Gasteiger partial charge in [0.15, 0.2) is 14.6 Å². The minimum Gasteiger partial charge on any atom is -0.348 e. The van der Waals surface area contributed by atoms with E-state index in [1.807, 2.05) is 31.2 Å². The molecule has 3 aromatic rings. The van der Waals surface area contributed by atoms with Gasteiger partial charge in [-0.2, -0.15) is 5.10 Å². The minimum absolute atomic E-state index is 0.124. The molecule has 1 fully saturated rings. The first-order chi connectivity index (χ1) is 14.8. The molecule has 1 aliphatic carbocycles. The van der Waals surface area contributed by atoms with Crippen LogP contribution < -0.4 is 5.32 Å². The molecule has 0 saturated heterocycles. The summed E-state index contributed by atoms with van der Waals surface area (Å²) in [5.41, 5.74) is 1.71. The lowest BCUT2D eigenvalue weighted by atomic mass is 10.0. The third-order valence-electron chi connectivity index (χ3n) is 5.89. The van der Waals surface area contributed by atoms with E-state index in [0.717, 1.165) is 11.3 Å². The highest BCUT2D eigenvalue weighted by molar-refractivity contribution is 7.93. The summed E-state index contributed by atoms with van der Waals surface area (Å²) in [6, 6.07) is 13.2. The second kappa shape index (κ2) is 8.43. The maximum absolute atomic E-state index is 13.5. The molecule has 9 heteroatoms. The minimum atomic E-state index is -3.87. The Hall–Kier alpha value is -2.71. The first kappa shape index (κ1) is 21.5. The summed E-state index contributed by atoms with van der Waals surface area (Å²) in [5, 5.41) is 7.49. The molecule has 7 nitrogen and oxygen atoms in total. The number of sulfone groups is 1. The highest BCUT2D eigenvalue weighted by atomic mass is 35.5. The van der Waals surface area contributed by atoms with Crippen LogP contribution in [-0.2, 0) is 14.6 Å². The second-order valence-electron chi connectivity index (χ2n) is 7.79. The summed E-state index contributed by atoms with van der Waals surface area (Å²) in [4.78, 5) is 17.4. The van der Waals surface area contributed by atoms with Crippen molar-refractivity contribution in [2.45, 2.75) is 48.3 Å². The summed E-state index contributed by atoms with van der Waals surface area (Å²) in [5.74, 6) is -0.451. The van der Waals surface area contributed by atoms with E-state index in [-0.39, 0.29) is 10.9 Å². The van der Waals surface area contributed by atoms with Crippen LogP contribution in [0.2, 0.25) is 5.02 Å². The smallest absolute Gasteiger partial charge is 0.242 e. The largest absolute Gasteiger partial charge is 0.348 e. The predicted molar refractivity (Wildman–Crippen MR) is 118 cm³/mol. The predicted octanol–water partition coefficient (Wildman–Crippen LogP) is 3.88. The average molecular weight is 459 g/mol. The van der Waals surface area contributed by atoms with Crippen LogP contribution in [-0.4, -0.2) is 33.8 Å². The molecule has 31 heavy (non-hydrogen) atoms. The van der Waals surface area contributed by atoms with Crippen LogP contribution in [0, 0.1) is 0 Å². The van der Waals surface area contributed by atoms with Crippen molar-refractivity contribution in [2.24, 2.45) is 0 Å². The molecule has 1 aliphatic rings. The molecular weight excluding hydrogens is 436 g/mol. The number of rotatable bonds is 6. The van der Waals surface area contributed by atoms with Crippen molar-refractivity contribution < 1.29 is 13.2 Å². The molecule has 1 heterocycles. The number of halogens is 1. The zero-order valence-electron chi connectivity index (χ0n) is 17.0. The lowest BCUT2D eigenvalue weighted by molar-refractivity contribution is -0.124. The van der Waals surface area contributed by atoms with Crippen molar-refractivity contribution in [3.8, 4) is 5.69 Å². The number of carbonyl (C=O) groups is 1. The number of amides is 1. The molecule has 0 aliphatic heterocycles. The second-order valence-corrected chi connectivity index (χ2v) is 10.5. The van der Waals surface area contributed by atoms with Crippen molar-refractivity contribution in [3.63, 3.8) is 0 Å². The van der Waals surface area contributed by atoms with Gasteiger partial charge in [0.2, 0.25) is 5.91 Å². The van der Waals surface area contributed by atoms with Crippen molar-refractivity contribution in [3.05, 3.63) is 71.8 Å². The fraction of sp³-hybridized carbons (Fsp3) is 0.318. The molecule has 0 radical (unpaired) electrons. The number of carbonyl (C=O) groups excluding carboxylic acids is 1. The van der Waals surface area contributed by atoms with E-state index in [1.165, 1.54) is 30.6 Å². The van der Waals surface area contributed by atoms with Crippen molar-refractivity contribution in [1.29, 1.82) is 0 Å². The van der Waals surface area contributed by atoms with Crippen LogP contribution in [0.5, 0.6) is 0 Å². The summed E-state index contributed by atoms with van der Waals surface area (Å²) in [7, 11) is -3.87. The van der Waals surface area contributed by atoms with E-state index in [2.05, 4.69) is 15.4 Å². The van der Waals surface area contributed by atoms with Gasteiger partial charge in [-0.05, 0) is 61.7 Å². The number of hydrogen-bond donors (Lipinski definition) is 1. The van der Waals surface area contributed by atoms with Gasteiger partial charge in [0, 0.05) is 5.02 Å². The monoisotopic (exact) mass is 458 g/mol. The van der Waals surface area contributed by atoms with Gasteiger partial charge < -0.3 is 5.32 Å². The van der Waals surface area contributed by atoms with Gasteiger partial charge in [-0.15, -0.1) is 0 Å². The van der Waals surface area contributed by atoms with Crippen LogP contribution in [0.4, 0.5) is 0 Å². The fourth-order valence-electron chi connectivity index (χ4n) is 4.07. The Morgan fingerprint density at radius 3 is 2.32 bits per heavy atom. The molecule has 162 valence electrons. The Labute approximate surface area is 186 Å². The van der Waals surface area contributed by atoms with Gasteiger partial charge in [0.1, 0.15) is 12.7 Å². The maximum atomic E-state index is 13.5. The Balaban J connectivity index is 1.57. The molecule has 0 spiro atoms. The first-order valence-electron chi connectivity index (χ1n) is 10.1. The molecule has 1 amide bonds. The van der Waals surface area contributed by atoms with Gasteiger partial charge in [0.05, 0.1) is 16.6 Å². The number of nitrogens with one attached hydrogen (secondary N) is 1. The molecular formula is C22H23ClN4O3S. The van der Waals surface area contributed by atoms with Gasteiger partial charge in [-0.3, -0.25) is 4.79 Å². The Morgan fingerprint density at radius 1 is 1.10 bits per heavy atom. The molecule has 1 saturated carbocycles. The van der Waals surface area contributed by atoms with Gasteiger partial charge in [-0.1, -0.05) is 36.6 Å². The number of aromatic nitrogens is 3. The topological polar surface area (TPSA) is 94.0 Å². The lowest BCUT2D eigenvalue weighted by Crippen LogP contribution is -2.51. The first-order valence-corrected chi connectivity index (χ1v) is 12.0. The fourth-order valence-corrected chi connectivity index (χ4v) is 6.27. The van der Waals surface area contributed by atoms with E-state index in [9.17, 15) is 13.2 Å². The number of hydrogen-bond acceptors (Lipinski definition) is 5. The standard InChI is InChI=1S/C22H23ClN4O3S/c1-16(17-4-8-19(9-5-17)27-15-24-14-25-27)26-21(28)22(12-2-3-13-22)31(29,30)20-10-6-18(23)7-11-20/h4-11,14-16H,2-3,12-13H2,1H3,(H,26,28)/t16-/m0/s1. The van der Waals surface area contributed by atoms with E-state index in [1.54, 1.807) is 11.0 Å². The van der Waals surface area contributed by atoms with Crippen molar-refractivity contribution in [2.75, 3.05) is 0 Å². The third kappa shape index (κ3) is 3.97. The van der Waals surface area contributed by atoms with Crippen LogP contribution in [0.3, 0.4) is 0 Å². The molecule has 2 aromatic carbocycles. The number of nitrogens with zero attached hydrogens (tertiary/aromatic N) is 3. The van der Waals surface area contributed by atoms with E-state index in [4.69, 9.17) is 11.6 Å². The molecule has 1 aromatic heterocycles. The van der Waals surface area contributed by atoms with Gasteiger partial charge in [-0.25, -0.2) is 18.1 Å². The molecule has 0 unspecified atom stereocenters. The van der Waals surface area contributed by atoms with E-state index in [0.29, 0.717) is 30.7 Å². The molecule has 4 rings (SSSR count). The molecule has 1 N–H and O–H groups in total. The normalized spacial score (nSPS) is 16.7. The summed E-state index contributed by atoms with van der Waals surface area (Å²) >= 11 is 5.92. The van der Waals surface area contributed by atoms with Gasteiger partial charge in [0.25, 0.3) is 0 Å².